The smallest absolute Gasteiger partial charge is 0.216 e. The van der Waals surface area contributed by atoms with Crippen LogP contribution in [0.15, 0.2) is 54.6 Å². The molecule has 2 atom stereocenters. The summed E-state index contributed by atoms with van der Waals surface area (Å²) in [7, 11) is 5.35. The van der Waals surface area contributed by atoms with Crippen LogP contribution in [0.3, 0.4) is 0 Å². The fourth-order valence-electron chi connectivity index (χ4n) is 7.06. The molecule has 2 N–H and O–H groups in total. The first kappa shape index (κ1) is 26.2. The van der Waals surface area contributed by atoms with Gasteiger partial charge in [0.2, 0.25) is 11.5 Å². The van der Waals surface area contributed by atoms with Gasteiger partial charge in [-0.05, 0) is 97.9 Å². The minimum absolute atomic E-state index is 0.0473. The zero-order valence-electron chi connectivity index (χ0n) is 24.5. The van der Waals surface area contributed by atoms with Gasteiger partial charge in [-0.3, -0.25) is 4.90 Å². The standard InChI is InChI=1S/C35H34N2O6/c1-37-13-11-23-31-26(37)15-19-4-7-22(8-5-19)41-28-16-20(6-9-27(28)39-2)14-25-24-18-30-29(17-21(24)10-12-36-25)43-35(33(31)42-30)34(40-3)32(23)38/h4-9,16-18,25-26,36,38H,10-15H2,1-3H3. The van der Waals surface area contributed by atoms with Crippen LogP contribution in [0.5, 0.6) is 51.7 Å². The molecule has 0 saturated carbocycles. The van der Waals surface area contributed by atoms with Crippen LogP contribution in [-0.4, -0.2) is 44.4 Å². The van der Waals surface area contributed by atoms with Crippen LogP contribution in [0.1, 0.15) is 45.5 Å². The van der Waals surface area contributed by atoms with Crippen LogP contribution in [0.2, 0.25) is 0 Å². The van der Waals surface area contributed by atoms with E-state index < -0.39 is 0 Å². The van der Waals surface area contributed by atoms with Gasteiger partial charge in [0.1, 0.15) is 5.75 Å². The molecule has 5 heterocycles. The predicted octanol–water partition coefficient (Wildman–Crippen LogP) is 6.61. The number of methoxy groups -OCH3 is 2. The molecule has 0 fully saturated rings. The Morgan fingerprint density at radius 1 is 0.837 bits per heavy atom. The average molecular weight is 579 g/mol. The van der Waals surface area contributed by atoms with Crippen molar-refractivity contribution in [2.75, 3.05) is 34.4 Å². The molecule has 43 heavy (non-hydrogen) atoms. The molecular weight excluding hydrogens is 544 g/mol. The van der Waals surface area contributed by atoms with Gasteiger partial charge in [-0.25, -0.2) is 0 Å². The van der Waals surface area contributed by atoms with Crippen molar-refractivity contribution in [3.05, 3.63) is 88.0 Å². The van der Waals surface area contributed by atoms with Crippen LogP contribution in [0, 0.1) is 0 Å². The number of rotatable bonds is 2. The lowest BCUT2D eigenvalue weighted by Gasteiger charge is -2.38. The summed E-state index contributed by atoms with van der Waals surface area (Å²) in [5, 5.41) is 15.2. The van der Waals surface area contributed by atoms with Crippen LogP contribution in [-0.2, 0) is 25.7 Å². The summed E-state index contributed by atoms with van der Waals surface area (Å²) in [6, 6.07) is 18.6. The van der Waals surface area contributed by atoms with E-state index in [4.69, 9.17) is 23.7 Å². The van der Waals surface area contributed by atoms with E-state index in [0.29, 0.717) is 53.1 Å². The molecule has 2 unspecified atom stereocenters. The molecule has 0 aliphatic carbocycles. The number of hydrogen-bond donors (Lipinski definition) is 2. The van der Waals surface area contributed by atoms with E-state index in [0.717, 1.165) is 53.9 Å². The molecule has 0 amide bonds. The van der Waals surface area contributed by atoms with Gasteiger partial charge in [-0.1, -0.05) is 18.2 Å². The second kappa shape index (κ2) is 10.1. The molecule has 0 spiro atoms. The molecule has 0 aromatic heterocycles. The summed E-state index contributed by atoms with van der Waals surface area (Å²) in [5.74, 6) is 4.93. The van der Waals surface area contributed by atoms with Crippen LogP contribution < -0.4 is 29.0 Å². The molecule has 7 bridgehead atoms. The third-order valence-electron chi connectivity index (χ3n) is 9.31. The minimum atomic E-state index is -0.0473. The van der Waals surface area contributed by atoms with Crippen molar-refractivity contribution in [2.24, 2.45) is 0 Å². The second-order valence-electron chi connectivity index (χ2n) is 11.8. The number of fused-ring (bicyclic) bond motifs is 2. The fourth-order valence-corrected chi connectivity index (χ4v) is 7.06. The largest absolute Gasteiger partial charge is 0.504 e. The van der Waals surface area contributed by atoms with Crippen LogP contribution in [0.25, 0.3) is 0 Å². The number of aromatic hydroxyl groups is 1. The highest BCUT2D eigenvalue weighted by Crippen LogP contribution is 2.59. The fraction of sp³-hybridized carbons (Fsp3) is 0.314. The van der Waals surface area contributed by atoms with E-state index in [2.05, 4.69) is 53.7 Å². The maximum Gasteiger partial charge on any atom is 0.216 e. The number of ether oxygens (including phenoxy) is 5. The Hall–Kier alpha value is -4.40. The molecule has 8 nitrogen and oxygen atoms in total. The van der Waals surface area contributed by atoms with Crippen molar-refractivity contribution in [1.82, 2.24) is 10.2 Å². The predicted molar refractivity (Wildman–Crippen MR) is 162 cm³/mol. The zero-order chi connectivity index (χ0) is 29.2. The highest BCUT2D eigenvalue weighted by Gasteiger charge is 2.39. The highest BCUT2D eigenvalue weighted by atomic mass is 16.6. The number of nitrogens with one attached hydrogen (secondary N) is 1. The van der Waals surface area contributed by atoms with Gasteiger partial charge in [0, 0.05) is 29.8 Å². The number of nitrogens with zero attached hydrogens (tertiary/aromatic N) is 1. The van der Waals surface area contributed by atoms with Crippen LogP contribution >= 0.6 is 0 Å². The first-order chi connectivity index (χ1) is 21.0. The van der Waals surface area contributed by atoms with Gasteiger partial charge in [-0.2, -0.15) is 0 Å². The number of phenolic OH excluding ortho intramolecular Hbond substituents is 1. The quantitative estimate of drug-likeness (QED) is 0.242. The van der Waals surface area contributed by atoms with E-state index in [-0.39, 0.29) is 17.8 Å². The van der Waals surface area contributed by atoms with Gasteiger partial charge < -0.3 is 34.1 Å². The van der Waals surface area contributed by atoms with Crippen molar-refractivity contribution < 1.29 is 28.8 Å². The summed E-state index contributed by atoms with van der Waals surface area (Å²) in [4.78, 5) is 2.32. The summed E-state index contributed by atoms with van der Waals surface area (Å²) in [6.07, 6.45) is 3.04. The third-order valence-corrected chi connectivity index (χ3v) is 9.31. The van der Waals surface area contributed by atoms with Crippen molar-refractivity contribution in [1.29, 1.82) is 0 Å². The lowest BCUT2D eigenvalue weighted by molar-refractivity contribution is 0.215. The molecule has 5 aliphatic rings. The van der Waals surface area contributed by atoms with Gasteiger partial charge in [0.15, 0.2) is 34.5 Å². The molecular formula is C35H34N2O6. The Morgan fingerprint density at radius 2 is 1.63 bits per heavy atom. The molecule has 5 aliphatic heterocycles. The Morgan fingerprint density at radius 3 is 2.44 bits per heavy atom. The van der Waals surface area contributed by atoms with E-state index in [9.17, 15) is 5.11 Å². The van der Waals surface area contributed by atoms with Gasteiger partial charge in [0.25, 0.3) is 0 Å². The molecule has 9 rings (SSSR count). The molecule has 0 radical (unpaired) electrons. The Balaban J connectivity index is 1.33. The lowest BCUT2D eigenvalue weighted by atomic mass is 9.86. The second-order valence-corrected chi connectivity index (χ2v) is 11.8. The van der Waals surface area contributed by atoms with Gasteiger partial charge in [0.05, 0.1) is 14.2 Å². The first-order valence-corrected chi connectivity index (χ1v) is 14.9. The average Bonchev–Trinajstić information content (AvgIpc) is 3.01. The third kappa shape index (κ3) is 4.27. The topological polar surface area (TPSA) is 81.7 Å². The number of benzene rings is 4. The summed E-state index contributed by atoms with van der Waals surface area (Å²) in [5.41, 5.74) is 6.48. The van der Waals surface area contributed by atoms with Crippen molar-refractivity contribution in [3.8, 4) is 51.7 Å². The lowest BCUT2D eigenvalue weighted by Crippen LogP contribution is -2.34. The molecule has 8 heteroatoms. The summed E-state index contributed by atoms with van der Waals surface area (Å²) >= 11 is 0. The SMILES string of the molecule is COc1ccc2cc1Oc1ccc(cc1)CC1c3c(c(O)c(OC)c4c3Oc3cc5c(cc3O4)CCNC5C2)CCN1C. The van der Waals surface area contributed by atoms with Crippen LogP contribution in [0.4, 0.5) is 0 Å². The monoisotopic (exact) mass is 578 g/mol. The van der Waals surface area contributed by atoms with Gasteiger partial charge >= 0.3 is 0 Å². The Labute approximate surface area is 250 Å². The number of phenols is 1. The van der Waals surface area contributed by atoms with Gasteiger partial charge in [-0.15, -0.1) is 0 Å². The Bertz CT molecular complexity index is 1750. The number of likely N-dealkylation sites (N-methyl/N-ethyl adjacent to an activating group) is 1. The Kier molecular flexibility index (Phi) is 6.17. The van der Waals surface area contributed by atoms with Crippen molar-refractivity contribution in [2.45, 2.75) is 37.8 Å². The van der Waals surface area contributed by atoms with E-state index in [1.807, 2.05) is 18.2 Å². The first-order valence-electron chi connectivity index (χ1n) is 14.9. The molecule has 220 valence electrons. The molecule has 4 aromatic carbocycles. The summed E-state index contributed by atoms with van der Waals surface area (Å²) in [6.45, 7) is 1.65. The van der Waals surface area contributed by atoms with Crippen molar-refractivity contribution in [3.63, 3.8) is 0 Å². The van der Waals surface area contributed by atoms with E-state index in [1.54, 1.807) is 14.2 Å². The normalized spacial score (nSPS) is 19.9. The van der Waals surface area contributed by atoms with E-state index >= 15 is 0 Å². The minimum Gasteiger partial charge on any atom is -0.504 e. The molecule has 4 aromatic rings. The maximum atomic E-state index is 11.5. The maximum absolute atomic E-state index is 11.5. The zero-order valence-corrected chi connectivity index (χ0v) is 24.5. The summed E-state index contributed by atoms with van der Waals surface area (Å²) < 4.78 is 31.1. The van der Waals surface area contributed by atoms with Crippen molar-refractivity contribution >= 4 is 0 Å². The molecule has 0 saturated heterocycles. The highest BCUT2D eigenvalue weighted by molar-refractivity contribution is 5.72. The van der Waals surface area contributed by atoms with E-state index in [1.165, 1.54) is 11.1 Å². The number of hydrogen-bond acceptors (Lipinski definition) is 8.